The molecule has 2 atom stereocenters. The summed E-state index contributed by atoms with van der Waals surface area (Å²) in [5.74, 6) is -1.12. The van der Waals surface area contributed by atoms with Crippen LogP contribution in [0.1, 0.15) is 83.0 Å². The van der Waals surface area contributed by atoms with Gasteiger partial charge in [-0.3, -0.25) is 24.0 Å². The van der Waals surface area contributed by atoms with Crippen LogP contribution < -0.4 is 11.0 Å². The van der Waals surface area contributed by atoms with Crippen LogP contribution in [0.5, 0.6) is 11.5 Å². The Bertz CT molecular complexity index is 3050. The van der Waals surface area contributed by atoms with Gasteiger partial charge >= 0.3 is 17.8 Å². The number of phenols is 2. The quantitative estimate of drug-likeness (QED) is 0.0872. The second-order valence-electron chi connectivity index (χ2n) is 17.9. The molecule has 0 bridgehead atoms. The highest BCUT2D eigenvalue weighted by Crippen LogP contribution is 2.40. The van der Waals surface area contributed by atoms with Crippen LogP contribution in [0.25, 0.3) is 22.1 Å². The summed E-state index contributed by atoms with van der Waals surface area (Å²) >= 11 is 7.94. The number of aromatic hydroxyl groups is 2. The minimum absolute atomic E-state index is 0.0111. The van der Waals surface area contributed by atoms with Gasteiger partial charge in [0.1, 0.15) is 28.4 Å². The molecule has 9 rings (SSSR count). The fraction of sp³-hybridized carbons (Fsp3) is 0.388. The third-order valence-electron chi connectivity index (χ3n) is 13.2. The number of benzene rings is 3. The number of carboxylic acids is 1. The number of carbonyl (C=O) groups is 3. The molecule has 3 aliphatic rings. The van der Waals surface area contributed by atoms with Gasteiger partial charge in [-0.15, -0.1) is 21.5 Å². The topological polar surface area (TPSA) is 224 Å². The number of alkyl halides is 3. The van der Waals surface area contributed by atoms with Gasteiger partial charge in [-0.05, 0) is 112 Å². The summed E-state index contributed by atoms with van der Waals surface area (Å²) in [6.07, 6.45) is -2.05. The maximum atomic E-state index is 13.7. The molecule has 2 fully saturated rings. The molecule has 3 aromatic heterocycles. The molecule has 2 amide bonds. The third-order valence-corrected chi connectivity index (χ3v) is 14.6. The zero-order valence-electron chi connectivity index (χ0n) is 39.3. The number of aliphatic carboxylic acids is 1. The molecule has 3 aliphatic heterocycles. The normalized spacial score (nSPS) is 17.2. The number of amides is 2. The Morgan fingerprint density at radius 2 is 1.62 bits per heavy atom. The van der Waals surface area contributed by atoms with Crippen LogP contribution in [-0.2, 0) is 27.3 Å². The van der Waals surface area contributed by atoms with Crippen molar-refractivity contribution in [3.8, 4) is 33.6 Å². The van der Waals surface area contributed by atoms with E-state index in [2.05, 4.69) is 44.5 Å². The van der Waals surface area contributed by atoms with Crippen molar-refractivity contribution >= 4 is 46.4 Å². The van der Waals surface area contributed by atoms with Crippen LogP contribution in [0.3, 0.4) is 0 Å². The monoisotopic (exact) mass is 1020 g/mol. The Morgan fingerprint density at radius 3 is 2.28 bits per heavy atom. The number of piperidine rings is 1. The number of thiophene rings is 1. The number of hydrogen-bond donors (Lipinski definition) is 5. The van der Waals surface area contributed by atoms with Gasteiger partial charge in [-0.1, -0.05) is 42.8 Å². The number of aromatic nitrogens is 6. The number of halogens is 4. The largest absolute Gasteiger partial charge is 0.508 e. The highest BCUT2D eigenvalue weighted by atomic mass is 35.5. The summed E-state index contributed by atoms with van der Waals surface area (Å²) in [5.41, 5.74) is 6.08. The molecule has 17 nitrogen and oxygen atoms in total. The molecule has 374 valence electrons. The van der Waals surface area contributed by atoms with E-state index >= 15 is 0 Å². The molecule has 6 heterocycles. The Labute approximate surface area is 414 Å². The number of fused-ring (bicyclic) bond motifs is 3. The maximum absolute atomic E-state index is 13.7. The third kappa shape index (κ3) is 10.9. The first-order chi connectivity index (χ1) is 33.8. The molecule has 22 heteroatoms. The molecule has 3 aromatic carbocycles. The highest BCUT2D eigenvalue weighted by molar-refractivity contribution is 7.15. The lowest BCUT2D eigenvalue weighted by molar-refractivity contribution is -0.192. The van der Waals surface area contributed by atoms with E-state index in [9.17, 15) is 37.8 Å². The van der Waals surface area contributed by atoms with Crippen LogP contribution in [-0.4, -0.2) is 117 Å². The lowest BCUT2D eigenvalue weighted by Crippen LogP contribution is -2.42. The molecule has 0 aliphatic carbocycles. The van der Waals surface area contributed by atoms with E-state index in [1.807, 2.05) is 71.8 Å². The van der Waals surface area contributed by atoms with Gasteiger partial charge in [0.25, 0.3) is 0 Å². The molecular weight excluding hydrogens is 965 g/mol. The molecule has 0 spiro atoms. The molecule has 0 radical (unpaired) electrons. The molecule has 5 N–H and O–H groups in total. The standard InChI is InChI=1S/C47H51ClN10O5S.C2HF3O2/c1-5-31-20-36(39(60)22-38(31)59)43-52-54-47(63)58(43)35-12-6-29(7-13-35)24-55-17-15-33(16-18-55)45(62)56-19-14-30(25-56)23-49-40(61)21-37-44-53-51-28(4)57(44)46-41(26(2)27(3)64-46)42(50-37)32-8-10-34(48)11-9-32;3-2(4,5)1(6)7/h6-13,20,22,30,33,37,59-60H,5,14-19,21,23-25H2,1-4H3,(H,49,61)(H,54,63);(H,6,7)/t30?,37-;/m0./s1. The van der Waals surface area contributed by atoms with E-state index < -0.39 is 23.9 Å². The van der Waals surface area contributed by atoms with Crippen molar-refractivity contribution in [3.63, 3.8) is 0 Å². The van der Waals surface area contributed by atoms with Crippen LogP contribution in [0.4, 0.5) is 13.2 Å². The van der Waals surface area contributed by atoms with Crippen molar-refractivity contribution in [2.24, 2.45) is 16.8 Å². The number of nitrogens with zero attached hydrogens (tertiary/aromatic N) is 8. The first kappa shape index (κ1) is 50.5. The SMILES string of the molecule is CCc1cc(-c2n[nH]c(=O)n2-c2ccc(CN3CCC(C(=O)N4CCC(CNC(=O)C[C@@H]5N=C(c6ccc(Cl)cc6)c6c(sc(C)c6C)-n6c(C)nnc65)C4)CC3)cc2)c(O)cc1O.O=C(O)C(F)(F)F. The Kier molecular flexibility index (Phi) is 14.9. The molecule has 2 saturated heterocycles. The Hall–Kier alpha value is -6.84. The first-order valence-electron chi connectivity index (χ1n) is 23.1. The van der Waals surface area contributed by atoms with Crippen molar-refractivity contribution in [1.82, 2.24) is 44.6 Å². The average Bonchev–Trinajstić information content (AvgIpc) is 4.12. The van der Waals surface area contributed by atoms with Crippen molar-refractivity contribution in [1.29, 1.82) is 0 Å². The van der Waals surface area contributed by atoms with E-state index in [4.69, 9.17) is 26.5 Å². The van der Waals surface area contributed by atoms with Gasteiger partial charge in [-0.25, -0.2) is 19.3 Å². The van der Waals surface area contributed by atoms with Crippen LogP contribution in [0.2, 0.25) is 5.02 Å². The Morgan fingerprint density at radius 1 is 0.930 bits per heavy atom. The predicted octanol–water partition coefficient (Wildman–Crippen LogP) is 7.21. The molecule has 71 heavy (non-hydrogen) atoms. The van der Waals surface area contributed by atoms with Crippen LogP contribution in [0, 0.1) is 32.6 Å². The van der Waals surface area contributed by atoms with Gasteiger partial charge in [0.05, 0.1) is 23.4 Å². The van der Waals surface area contributed by atoms with Crippen molar-refractivity contribution in [2.45, 2.75) is 78.6 Å². The molecular formula is C49H52ClF3N10O7S. The van der Waals surface area contributed by atoms with Gasteiger partial charge in [0.2, 0.25) is 11.8 Å². The second kappa shape index (κ2) is 20.9. The van der Waals surface area contributed by atoms with E-state index in [-0.39, 0.29) is 47.4 Å². The van der Waals surface area contributed by atoms with Gasteiger partial charge in [0.15, 0.2) is 11.6 Å². The number of phenolic OH excluding ortho intramolecular Hbond substituents is 2. The number of carboxylic acid groups (broad SMARTS) is 1. The number of likely N-dealkylation sites (tertiary alicyclic amines) is 2. The summed E-state index contributed by atoms with van der Waals surface area (Å²) in [7, 11) is 0. The van der Waals surface area contributed by atoms with Crippen molar-refractivity contribution in [2.75, 3.05) is 32.7 Å². The molecule has 6 aromatic rings. The lowest BCUT2D eigenvalue weighted by atomic mass is 9.95. The van der Waals surface area contributed by atoms with Crippen LogP contribution in [0.15, 0.2) is 70.5 Å². The number of aliphatic imine (C=N–C) groups is 1. The number of hydrogen-bond acceptors (Lipinski definition) is 12. The second-order valence-corrected chi connectivity index (χ2v) is 19.6. The smallest absolute Gasteiger partial charge is 0.490 e. The highest BCUT2D eigenvalue weighted by Gasteiger charge is 2.38. The number of rotatable bonds is 11. The van der Waals surface area contributed by atoms with Crippen molar-refractivity contribution < 1.29 is 42.9 Å². The number of aryl methyl sites for hydroxylation is 3. The minimum Gasteiger partial charge on any atom is -0.508 e. The van der Waals surface area contributed by atoms with E-state index in [0.29, 0.717) is 60.3 Å². The fourth-order valence-electron chi connectivity index (χ4n) is 9.24. The van der Waals surface area contributed by atoms with E-state index in [0.717, 1.165) is 71.1 Å². The van der Waals surface area contributed by atoms with E-state index in [1.165, 1.54) is 15.5 Å². The minimum atomic E-state index is -5.08. The van der Waals surface area contributed by atoms with E-state index in [1.54, 1.807) is 17.4 Å². The van der Waals surface area contributed by atoms with Gasteiger partial charge < -0.3 is 25.5 Å². The van der Waals surface area contributed by atoms with Gasteiger partial charge in [0, 0.05) is 59.2 Å². The van der Waals surface area contributed by atoms with Crippen molar-refractivity contribution in [3.05, 3.63) is 121 Å². The summed E-state index contributed by atoms with van der Waals surface area (Å²) in [5, 5.41) is 48.3. The zero-order chi connectivity index (χ0) is 50.9. The number of nitrogens with one attached hydrogen (secondary N) is 2. The molecule has 0 saturated carbocycles. The number of carbonyl (C=O) groups excluding carboxylic acids is 2. The summed E-state index contributed by atoms with van der Waals surface area (Å²) in [6, 6.07) is 17.7. The van der Waals surface area contributed by atoms with Crippen LogP contribution >= 0.6 is 22.9 Å². The number of aromatic amines is 1. The predicted molar refractivity (Wildman–Crippen MR) is 260 cm³/mol. The Balaban J connectivity index is 0.000000900. The average molecular weight is 1020 g/mol. The number of H-pyrrole nitrogens is 1. The lowest BCUT2D eigenvalue weighted by Gasteiger charge is -2.33. The summed E-state index contributed by atoms with van der Waals surface area (Å²) in [6.45, 7) is 12.1. The first-order valence-corrected chi connectivity index (χ1v) is 24.3. The summed E-state index contributed by atoms with van der Waals surface area (Å²) < 4.78 is 35.2. The molecule has 1 unspecified atom stereocenters. The zero-order valence-corrected chi connectivity index (χ0v) is 40.8. The fourth-order valence-corrected chi connectivity index (χ4v) is 10.6. The summed E-state index contributed by atoms with van der Waals surface area (Å²) in [4.78, 5) is 59.9. The maximum Gasteiger partial charge on any atom is 0.490 e. The van der Waals surface area contributed by atoms with Gasteiger partial charge in [-0.2, -0.15) is 18.3 Å².